The van der Waals surface area contributed by atoms with E-state index in [1.165, 1.54) is 12.1 Å². The molecule has 1 unspecified atom stereocenters. The number of halogens is 4. The number of anilines is 1. The zero-order valence-corrected chi connectivity index (χ0v) is 14.2. The van der Waals surface area contributed by atoms with E-state index in [2.05, 4.69) is 0 Å². The number of carbonyl (C=O) groups excluding carboxylic acids is 1. The average molecular weight is 370 g/mol. The molecule has 1 saturated heterocycles. The number of piperidine rings is 1. The Bertz CT molecular complexity index is 761. The Morgan fingerprint density at radius 3 is 2.46 bits per heavy atom. The summed E-state index contributed by atoms with van der Waals surface area (Å²) < 4.78 is 26.9. The normalized spacial score (nSPS) is 18.1. The first kappa shape index (κ1) is 17.2. The van der Waals surface area contributed by atoms with E-state index in [1.807, 2.05) is 0 Å². The first-order chi connectivity index (χ1) is 11.4. The molecule has 1 amide bonds. The van der Waals surface area contributed by atoms with Crippen LogP contribution in [-0.2, 0) is 11.2 Å². The van der Waals surface area contributed by atoms with E-state index < -0.39 is 11.6 Å². The zero-order chi connectivity index (χ0) is 17.3. The number of nitrogens with zero attached hydrogens (tertiary/aromatic N) is 1. The van der Waals surface area contributed by atoms with Gasteiger partial charge < -0.3 is 4.90 Å². The molecule has 0 aliphatic carbocycles. The van der Waals surface area contributed by atoms with Gasteiger partial charge in [-0.2, -0.15) is 0 Å². The minimum absolute atomic E-state index is 0.0100. The van der Waals surface area contributed by atoms with Crippen LogP contribution in [0.2, 0.25) is 10.0 Å². The van der Waals surface area contributed by atoms with Crippen molar-refractivity contribution in [3.63, 3.8) is 0 Å². The lowest BCUT2D eigenvalue weighted by Gasteiger charge is -2.33. The number of hydrogen-bond donors (Lipinski definition) is 0. The van der Waals surface area contributed by atoms with Gasteiger partial charge in [-0.3, -0.25) is 4.79 Å². The van der Waals surface area contributed by atoms with Gasteiger partial charge in [0.2, 0.25) is 5.91 Å². The molecule has 1 aliphatic rings. The first-order valence-electron chi connectivity index (χ1n) is 7.63. The van der Waals surface area contributed by atoms with Gasteiger partial charge in [-0.05, 0) is 48.6 Å². The summed E-state index contributed by atoms with van der Waals surface area (Å²) >= 11 is 12.0. The minimum atomic E-state index is -0.592. The van der Waals surface area contributed by atoms with Crippen molar-refractivity contribution >= 4 is 34.8 Å². The van der Waals surface area contributed by atoms with E-state index in [4.69, 9.17) is 23.2 Å². The maximum Gasteiger partial charge on any atom is 0.226 e. The van der Waals surface area contributed by atoms with Crippen LogP contribution in [0.1, 0.15) is 18.4 Å². The summed E-state index contributed by atoms with van der Waals surface area (Å²) in [6.07, 6.45) is 1.49. The van der Waals surface area contributed by atoms with Gasteiger partial charge >= 0.3 is 0 Å². The number of carbonyl (C=O) groups is 1. The Labute approximate surface area is 149 Å². The quantitative estimate of drug-likeness (QED) is 0.722. The van der Waals surface area contributed by atoms with Crippen molar-refractivity contribution in [1.29, 1.82) is 0 Å². The molecule has 0 radical (unpaired) electrons. The monoisotopic (exact) mass is 369 g/mol. The SMILES string of the molecule is O=C1CCC(Cc2ccc(F)cc2F)CN1c1cc(Cl)cc(Cl)c1. The van der Waals surface area contributed by atoms with Crippen LogP contribution in [0.5, 0.6) is 0 Å². The Hall–Kier alpha value is -1.65. The fraction of sp³-hybridized carbons (Fsp3) is 0.278. The molecule has 1 heterocycles. The molecule has 2 aromatic carbocycles. The smallest absolute Gasteiger partial charge is 0.226 e. The summed E-state index contributed by atoms with van der Waals surface area (Å²) in [7, 11) is 0. The van der Waals surface area contributed by atoms with Gasteiger partial charge in [0.15, 0.2) is 0 Å². The molecule has 0 saturated carbocycles. The average Bonchev–Trinajstić information content (AvgIpc) is 2.51. The highest BCUT2D eigenvalue weighted by molar-refractivity contribution is 6.35. The highest BCUT2D eigenvalue weighted by Gasteiger charge is 2.27. The summed E-state index contributed by atoms with van der Waals surface area (Å²) in [5.74, 6) is -1.07. The second-order valence-corrected chi connectivity index (χ2v) is 6.85. The maximum absolute atomic E-state index is 13.9. The van der Waals surface area contributed by atoms with E-state index in [1.54, 1.807) is 23.1 Å². The van der Waals surface area contributed by atoms with Crippen molar-refractivity contribution in [2.24, 2.45) is 5.92 Å². The topological polar surface area (TPSA) is 20.3 Å². The molecule has 0 bridgehead atoms. The molecule has 1 aliphatic heterocycles. The molecule has 0 spiro atoms. The van der Waals surface area contributed by atoms with Gasteiger partial charge in [-0.1, -0.05) is 29.3 Å². The van der Waals surface area contributed by atoms with E-state index >= 15 is 0 Å². The van der Waals surface area contributed by atoms with Crippen LogP contribution in [0.15, 0.2) is 36.4 Å². The van der Waals surface area contributed by atoms with E-state index in [-0.39, 0.29) is 11.8 Å². The van der Waals surface area contributed by atoms with E-state index in [0.717, 1.165) is 6.07 Å². The fourth-order valence-corrected chi connectivity index (χ4v) is 3.54. The lowest BCUT2D eigenvalue weighted by molar-refractivity contribution is -0.120. The van der Waals surface area contributed by atoms with Crippen molar-refractivity contribution in [2.45, 2.75) is 19.3 Å². The van der Waals surface area contributed by atoms with Gasteiger partial charge in [0.1, 0.15) is 11.6 Å². The molecule has 2 aromatic rings. The van der Waals surface area contributed by atoms with Crippen LogP contribution in [0.4, 0.5) is 14.5 Å². The minimum Gasteiger partial charge on any atom is -0.312 e. The molecule has 1 atom stereocenters. The maximum atomic E-state index is 13.9. The number of amides is 1. The summed E-state index contributed by atoms with van der Waals surface area (Å²) in [6.45, 7) is 0.451. The first-order valence-corrected chi connectivity index (χ1v) is 8.38. The second kappa shape index (κ2) is 7.08. The third-order valence-electron chi connectivity index (χ3n) is 4.19. The highest BCUT2D eigenvalue weighted by Crippen LogP contribution is 2.31. The van der Waals surface area contributed by atoms with Gasteiger partial charge in [0.25, 0.3) is 0 Å². The summed E-state index contributed by atoms with van der Waals surface area (Å²) in [5.41, 5.74) is 1.10. The number of benzene rings is 2. The standard InChI is InChI=1S/C18H15Cl2F2NO/c19-13-6-14(20)8-16(7-13)23-10-11(1-4-18(23)24)5-12-2-3-15(21)9-17(12)22/h2-3,6-9,11H,1,4-5,10H2. The van der Waals surface area contributed by atoms with Crippen LogP contribution in [0.3, 0.4) is 0 Å². The van der Waals surface area contributed by atoms with E-state index in [9.17, 15) is 13.6 Å². The van der Waals surface area contributed by atoms with Crippen LogP contribution < -0.4 is 4.90 Å². The third-order valence-corrected chi connectivity index (χ3v) is 4.63. The largest absolute Gasteiger partial charge is 0.312 e. The number of hydrogen-bond acceptors (Lipinski definition) is 1. The molecule has 1 fully saturated rings. The fourth-order valence-electron chi connectivity index (χ4n) is 3.02. The Morgan fingerprint density at radius 2 is 1.79 bits per heavy atom. The molecule has 126 valence electrons. The zero-order valence-electron chi connectivity index (χ0n) is 12.7. The molecule has 2 nitrogen and oxygen atoms in total. The van der Waals surface area contributed by atoms with Crippen LogP contribution in [0.25, 0.3) is 0 Å². The molecule has 0 N–H and O–H groups in total. The second-order valence-electron chi connectivity index (χ2n) is 5.98. The predicted molar refractivity (Wildman–Crippen MR) is 91.6 cm³/mol. The van der Waals surface area contributed by atoms with Crippen LogP contribution >= 0.6 is 23.2 Å². The Balaban J connectivity index is 1.79. The van der Waals surface area contributed by atoms with Gasteiger partial charge in [-0.15, -0.1) is 0 Å². The van der Waals surface area contributed by atoms with Crippen molar-refractivity contribution in [3.05, 3.63) is 63.6 Å². The lowest BCUT2D eigenvalue weighted by atomic mass is 9.90. The Kier molecular flexibility index (Phi) is 5.07. The molecule has 6 heteroatoms. The van der Waals surface area contributed by atoms with Crippen molar-refractivity contribution in [3.8, 4) is 0 Å². The molecule has 0 aromatic heterocycles. The van der Waals surface area contributed by atoms with Crippen molar-refractivity contribution in [1.82, 2.24) is 0 Å². The molecular weight excluding hydrogens is 355 g/mol. The molecular formula is C18H15Cl2F2NO. The summed E-state index contributed by atoms with van der Waals surface area (Å²) in [5, 5.41) is 0.911. The Morgan fingerprint density at radius 1 is 1.08 bits per heavy atom. The van der Waals surface area contributed by atoms with Gasteiger partial charge in [0, 0.05) is 34.8 Å². The number of rotatable bonds is 3. The van der Waals surface area contributed by atoms with Crippen LogP contribution in [0, 0.1) is 17.6 Å². The molecule has 3 rings (SSSR count). The highest BCUT2D eigenvalue weighted by atomic mass is 35.5. The van der Waals surface area contributed by atoms with Gasteiger partial charge in [0.05, 0.1) is 0 Å². The van der Waals surface area contributed by atoms with Crippen molar-refractivity contribution < 1.29 is 13.6 Å². The van der Waals surface area contributed by atoms with Crippen LogP contribution in [-0.4, -0.2) is 12.5 Å². The third kappa shape index (κ3) is 3.87. The molecule has 24 heavy (non-hydrogen) atoms. The predicted octanol–water partition coefficient (Wildman–Crippen LogP) is 5.26. The summed E-state index contributed by atoms with van der Waals surface area (Å²) in [6, 6.07) is 8.57. The summed E-state index contributed by atoms with van der Waals surface area (Å²) in [4.78, 5) is 13.9. The van der Waals surface area contributed by atoms with E-state index in [0.29, 0.717) is 47.1 Å². The lowest BCUT2D eigenvalue weighted by Crippen LogP contribution is -2.40. The van der Waals surface area contributed by atoms with Crippen molar-refractivity contribution in [2.75, 3.05) is 11.4 Å². The van der Waals surface area contributed by atoms with Gasteiger partial charge in [-0.25, -0.2) is 8.78 Å².